The van der Waals surface area contributed by atoms with E-state index in [9.17, 15) is 14.0 Å². The number of hydrogen-bond donors (Lipinski definition) is 1. The number of likely N-dealkylation sites (tertiary alicyclic amines) is 1. The molecule has 120 valence electrons. The molecule has 0 spiro atoms. The highest BCUT2D eigenvalue weighted by Crippen LogP contribution is 2.31. The van der Waals surface area contributed by atoms with Gasteiger partial charge < -0.3 is 15.0 Å². The number of amides is 2. The van der Waals surface area contributed by atoms with Gasteiger partial charge in [0.25, 0.3) is 0 Å². The summed E-state index contributed by atoms with van der Waals surface area (Å²) in [7, 11) is 0. The van der Waals surface area contributed by atoms with E-state index in [1.165, 1.54) is 12.1 Å². The topological polar surface area (TPSA) is 58.6 Å². The van der Waals surface area contributed by atoms with E-state index in [-0.39, 0.29) is 22.7 Å². The molecule has 1 saturated heterocycles. The molecule has 0 radical (unpaired) electrons. The number of ether oxygens (including phenoxy) is 1. The summed E-state index contributed by atoms with van der Waals surface area (Å²) in [5.41, 5.74) is 0.292. The lowest BCUT2D eigenvalue weighted by Crippen LogP contribution is -2.28. The zero-order valence-corrected chi connectivity index (χ0v) is 13.9. The van der Waals surface area contributed by atoms with E-state index in [4.69, 9.17) is 4.74 Å². The molecule has 0 aromatic heterocycles. The lowest BCUT2D eigenvalue weighted by molar-refractivity contribution is -0.128. The van der Waals surface area contributed by atoms with Crippen molar-refractivity contribution in [1.29, 1.82) is 0 Å². The molecule has 7 heteroatoms. The van der Waals surface area contributed by atoms with E-state index in [1.807, 2.05) is 6.92 Å². The van der Waals surface area contributed by atoms with E-state index < -0.39 is 5.82 Å². The summed E-state index contributed by atoms with van der Waals surface area (Å²) >= 11 is 3.09. The molecule has 0 atom stereocenters. The van der Waals surface area contributed by atoms with Crippen molar-refractivity contribution in [2.45, 2.75) is 26.2 Å². The smallest absolute Gasteiger partial charge is 0.226 e. The van der Waals surface area contributed by atoms with Crippen molar-refractivity contribution in [3.05, 3.63) is 22.4 Å². The number of nitrogens with one attached hydrogen (secondary N) is 1. The molecule has 0 unspecified atom stereocenters. The van der Waals surface area contributed by atoms with Gasteiger partial charge in [0.2, 0.25) is 11.8 Å². The second-order valence-electron chi connectivity index (χ2n) is 4.98. The van der Waals surface area contributed by atoms with Gasteiger partial charge in [-0.15, -0.1) is 0 Å². The predicted molar refractivity (Wildman–Crippen MR) is 84.3 cm³/mol. The Balaban J connectivity index is 1.98. The minimum absolute atomic E-state index is 0.0810. The third kappa shape index (κ3) is 4.19. The molecule has 1 fully saturated rings. The average Bonchev–Trinajstić information content (AvgIpc) is 2.88. The molecule has 5 nitrogen and oxygen atoms in total. The van der Waals surface area contributed by atoms with Gasteiger partial charge in [-0.1, -0.05) is 0 Å². The molecule has 2 amide bonds. The standard InChI is InChI=1S/C15H18BrFN2O3/c1-2-22-13-8-10(16)11(17)9-12(13)18-14(20)5-7-19-6-3-4-15(19)21/h8-9H,2-7H2,1H3,(H,18,20). The van der Waals surface area contributed by atoms with Gasteiger partial charge in [0.05, 0.1) is 16.8 Å². The van der Waals surface area contributed by atoms with Crippen molar-refractivity contribution in [3.8, 4) is 5.75 Å². The van der Waals surface area contributed by atoms with Gasteiger partial charge in [0.1, 0.15) is 11.6 Å². The molecule has 0 bridgehead atoms. The van der Waals surface area contributed by atoms with Gasteiger partial charge >= 0.3 is 0 Å². The maximum atomic E-state index is 13.6. The van der Waals surface area contributed by atoms with Crippen LogP contribution in [0.4, 0.5) is 10.1 Å². The minimum atomic E-state index is -0.478. The second-order valence-corrected chi connectivity index (χ2v) is 5.83. The van der Waals surface area contributed by atoms with Crippen molar-refractivity contribution in [1.82, 2.24) is 4.90 Å². The highest BCUT2D eigenvalue weighted by atomic mass is 79.9. The molecule has 1 aliphatic heterocycles. The van der Waals surface area contributed by atoms with E-state index in [0.29, 0.717) is 37.6 Å². The number of benzene rings is 1. The van der Waals surface area contributed by atoms with E-state index >= 15 is 0 Å². The van der Waals surface area contributed by atoms with Crippen molar-refractivity contribution < 1.29 is 18.7 Å². The normalized spacial score (nSPS) is 14.3. The van der Waals surface area contributed by atoms with Gasteiger partial charge in [-0.2, -0.15) is 0 Å². The van der Waals surface area contributed by atoms with Gasteiger partial charge in [-0.3, -0.25) is 9.59 Å². The Morgan fingerprint density at radius 3 is 2.91 bits per heavy atom. The van der Waals surface area contributed by atoms with Gasteiger partial charge in [0, 0.05) is 32.0 Å². The number of carbonyl (C=O) groups is 2. The summed E-state index contributed by atoms with van der Waals surface area (Å²) in [5, 5.41) is 2.64. The molecule has 0 saturated carbocycles. The summed E-state index contributed by atoms with van der Waals surface area (Å²) in [6.45, 7) is 3.29. The molecule has 1 aromatic carbocycles. The monoisotopic (exact) mass is 372 g/mol. The lowest BCUT2D eigenvalue weighted by atomic mass is 10.2. The van der Waals surface area contributed by atoms with Crippen LogP contribution in [0.5, 0.6) is 5.75 Å². The molecular formula is C15H18BrFN2O3. The average molecular weight is 373 g/mol. The largest absolute Gasteiger partial charge is 0.492 e. The summed E-state index contributed by atoms with van der Waals surface area (Å²) in [4.78, 5) is 25.1. The van der Waals surface area contributed by atoms with Crippen LogP contribution in [0.2, 0.25) is 0 Å². The third-order valence-electron chi connectivity index (χ3n) is 3.38. The highest BCUT2D eigenvalue weighted by molar-refractivity contribution is 9.10. The first-order chi connectivity index (χ1) is 10.5. The molecule has 1 N–H and O–H groups in total. The second kappa shape index (κ2) is 7.58. The number of rotatable bonds is 6. The van der Waals surface area contributed by atoms with Crippen LogP contribution >= 0.6 is 15.9 Å². The molecular weight excluding hydrogens is 355 g/mol. The fourth-order valence-corrected chi connectivity index (χ4v) is 2.61. The first kappa shape index (κ1) is 16.7. The van der Waals surface area contributed by atoms with Crippen molar-refractivity contribution in [2.24, 2.45) is 0 Å². The number of nitrogens with zero attached hydrogens (tertiary/aromatic N) is 1. The number of anilines is 1. The highest BCUT2D eigenvalue weighted by Gasteiger charge is 2.21. The van der Waals surface area contributed by atoms with Crippen LogP contribution in [0.1, 0.15) is 26.2 Å². The Morgan fingerprint density at radius 1 is 1.50 bits per heavy atom. The van der Waals surface area contributed by atoms with Crippen molar-refractivity contribution >= 4 is 33.4 Å². The molecule has 1 aromatic rings. The maximum absolute atomic E-state index is 13.6. The van der Waals surface area contributed by atoms with Crippen LogP contribution < -0.4 is 10.1 Å². The van der Waals surface area contributed by atoms with Gasteiger partial charge in [-0.05, 0) is 35.3 Å². The Labute approximate surface area is 136 Å². The van der Waals surface area contributed by atoms with Crippen molar-refractivity contribution in [3.63, 3.8) is 0 Å². The van der Waals surface area contributed by atoms with E-state index in [1.54, 1.807) is 4.90 Å². The summed E-state index contributed by atoms with van der Waals surface area (Å²) in [6.07, 6.45) is 1.57. The van der Waals surface area contributed by atoms with Crippen LogP contribution in [-0.4, -0.2) is 36.4 Å². The van der Waals surface area contributed by atoms with Crippen LogP contribution in [0.25, 0.3) is 0 Å². The maximum Gasteiger partial charge on any atom is 0.226 e. The SMILES string of the molecule is CCOc1cc(Br)c(F)cc1NC(=O)CCN1CCCC1=O. The molecule has 22 heavy (non-hydrogen) atoms. The zero-order valence-electron chi connectivity index (χ0n) is 12.3. The van der Waals surface area contributed by atoms with E-state index in [0.717, 1.165) is 6.42 Å². The molecule has 2 rings (SSSR count). The van der Waals surface area contributed by atoms with Gasteiger partial charge in [-0.25, -0.2) is 4.39 Å². The first-order valence-electron chi connectivity index (χ1n) is 7.20. The van der Waals surface area contributed by atoms with Crippen LogP contribution in [0.3, 0.4) is 0 Å². The van der Waals surface area contributed by atoms with Crippen molar-refractivity contribution in [2.75, 3.05) is 25.0 Å². The Bertz CT molecular complexity index is 580. The Morgan fingerprint density at radius 2 is 2.27 bits per heavy atom. The van der Waals surface area contributed by atoms with Crippen LogP contribution in [-0.2, 0) is 9.59 Å². The molecule has 1 heterocycles. The fourth-order valence-electron chi connectivity index (χ4n) is 2.29. The Kier molecular flexibility index (Phi) is 5.76. The number of halogens is 2. The summed E-state index contributed by atoms with van der Waals surface area (Å²) < 4.78 is 19.3. The fraction of sp³-hybridized carbons (Fsp3) is 0.467. The number of hydrogen-bond acceptors (Lipinski definition) is 3. The summed E-state index contributed by atoms with van der Waals surface area (Å²) in [6, 6.07) is 2.70. The van der Waals surface area contributed by atoms with E-state index in [2.05, 4.69) is 21.2 Å². The summed E-state index contributed by atoms with van der Waals surface area (Å²) in [5.74, 6) is -0.269. The number of carbonyl (C=O) groups excluding carboxylic acids is 2. The van der Waals surface area contributed by atoms with Gasteiger partial charge in [0.15, 0.2) is 0 Å². The predicted octanol–water partition coefficient (Wildman–Crippen LogP) is 2.94. The quantitative estimate of drug-likeness (QED) is 0.834. The molecule has 0 aliphatic carbocycles. The first-order valence-corrected chi connectivity index (χ1v) is 8.00. The Hall–Kier alpha value is -1.63. The van der Waals surface area contributed by atoms with Crippen LogP contribution in [0, 0.1) is 5.82 Å². The minimum Gasteiger partial charge on any atom is -0.492 e. The zero-order chi connectivity index (χ0) is 16.1. The lowest BCUT2D eigenvalue weighted by Gasteiger charge is -2.16. The van der Waals surface area contributed by atoms with Crippen LogP contribution in [0.15, 0.2) is 16.6 Å². The third-order valence-corrected chi connectivity index (χ3v) is 3.98. The molecule has 1 aliphatic rings.